The highest BCUT2D eigenvalue weighted by Crippen LogP contribution is 2.75. The van der Waals surface area contributed by atoms with E-state index in [2.05, 4.69) is 54.5 Å². The number of carbonyl (C=O) groups excluding carboxylic acids is 1. The second kappa shape index (κ2) is 7.36. The van der Waals surface area contributed by atoms with E-state index >= 15 is 0 Å². The van der Waals surface area contributed by atoms with Crippen LogP contribution in [-0.4, -0.2) is 24.3 Å². The van der Waals surface area contributed by atoms with E-state index in [4.69, 9.17) is 4.74 Å². The van der Waals surface area contributed by atoms with Crippen molar-refractivity contribution >= 4 is 5.97 Å². The van der Waals surface area contributed by atoms with Crippen molar-refractivity contribution in [1.82, 2.24) is 0 Å². The van der Waals surface area contributed by atoms with Crippen molar-refractivity contribution in [3.63, 3.8) is 0 Å². The molecule has 0 aliphatic heterocycles. The Morgan fingerprint density at radius 1 is 0.912 bits per heavy atom. The summed E-state index contributed by atoms with van der Waals surface area (Å²) < 4.78 is 5.29. The van der Waals surface area contributed by atoms with Crippen molar-refractivity contribution in [2.24, 2.45) is 50.2 Å². The van der Waals surface area contributed by atoms with E-state index in [0.29, 0.717) is 23.2 Å². The van der Waals surface area contributed by atoms with Crippen LogP contribution < -0.4 is 0 Å². The molecule has 0 aromatic rings. The summed E-state index contributed by atoms with van der Waals surface area (Å²) in [6.07, 6.45) is 13.8. The van der Waals surface area contributed by atoms with Gasteiger partial charge in [-0.25, -0.2) is 0 Å². The predicted molar refractivity (Wildman–Crippen MR) is 137 cm³/mol. The number of esters is 1. The highest BCUT2D eigenvalue weighted by atomic mass is 16.5. The van der Waals surface area contributed by atoms with Crippen LogP contribution in [0.5, 0.6) is 0 Å². The summed E-state index contributed by atoms with van der Waals surface area (Å²) in [7, 11) is 1.56. The first kappa shape index (κ1) is 24.8. The second-order valence-corrected chi connectivity index (χ2v) is 15.1. The molecule has 0 bridgehead atoms. The number of aliphatic hydroxyl groups excluding tert-OH is 1. The maximum atomic E-state index is 12.8. The van der Waals surface area contributed by atoms with Gasteiger partial charge in [-0.2, -0.15) is 0 Å². The summed E-state index contributed by atoms with van der Waals surface area (Å²) in [5, 5.41) is 10.9. The molecule has 0 aromatic carbocycles. The van der Waals surface area contributed by atoms with E-state index in [0.717, 1.165) is 32.1 Å². The van der Waals surface area contributed by atoms with Crippen LogP contribution in [-0.2, 0) is 9.53 Å². The second-order valence-electron chi connectivity index (χ2n) is 15.1. The summed E-state index contributed by atoms with van der Waals surface area (Å²) in [4.78, 5) is 12.8. The lowest BCUT2D eigenvalue weighted by atomic mass is 9.33. The van der Waals surface area contributed by atoms with Crippen molar-refractivity contribution in [3.8, 4) is 0 Å². The molecule has 192 valence electrons. The van der Waals surface area contributed by atoms with Gasteiger partial charge in [-0.1, -0.05) is 53.2 Å². The maximum absolute atomic E-state index is 12.8. The summed E-state index contributed by atoms with van der Waals surface area (Å²) in [5.41, 5.74) is 2.39. The van der Waals surface area contributed by atoms with E-state index in [1.54, 1.807) is 12.7 Å². The summed E-state index contributed by atoms with van der Waals surface area (Å²) in [6, 6.07) is 0. The molecule has 3 heteroatoms. The van der Waals surface area contributed by atoms with Gasteiger partial charge in [0, 0.05) is 0 Å². The molecule has 0 heterocycles. The van der Waals surface area contributed by atoms with E-state index in [-0.39, 0.29) is 39.1 Å². The smallest absolute Gasteiger partial charge is 0.311 e. The molecule has 34 heavy (non-hydrogen) atoms. The van der Waals surface area contributed by atoms with Crippen LogP contribution in [0.15, 0.2) is 11.6 Å². The number of carbonyl (C=O) groups is 1. The van der Waals surface area contributed by atoms with E-state index in [1.807, 2.05) is 0 Å². The maximum Gasteiger partial charge on any atom is 0.311 e. The monoisotopic (exact) mass is 470 g/mol. The first-order chi connectivity index (χ1) is 15.7. The molecule has 9 atom stereocenters. The fraction of sp³-hybridized carbons (Fsp3) is 0.903. The van der Waals surface area contributed by atoms with Gasteiger partial charge < -0.3 is 9.84 Å². The minimum absolute atomic E-state index is 0.00391. The summed E-state index contributed by atoms with van der Waals surface area (Å²) in [5.74, 6) is 1.72. The van der Waals surface area contributed by atoms with Crippen LogP contribution in [0.2, 0.25) is 0 Å². The molecule has 0 radical (unpaired) electrons. The minimum Gasteiger partial charge on any atom is -0.469 e. The number of hydrogen-bond acceptors (Lipinski definition) is 3. The molecular formula is C31H50O3. The van der Waals surface area contributed by atoms with Gasteiger partial charge in [0.2, 0.25) is 0 Å². The highest BCUT2D eigenvalue weighted by Gasteiger charge is 2.68. The number of rotatable bonds is 1. The molecule has 0 aromatic heterocycles. The van der Waals surface area contributed by atoms with Crippen LogP contribution in [0, 0.1) is 50.2 Å². The number of ether oxygens (including phenoxy) is 1. The fourth-order valence-corrected chi connectivity index (χ4v) is 10.8. The van der Waals surface area contributed by atoms with E-state index in [1.165, 1.54) is 32.1 Å². The van der Waals surface area contributed by atoms with Crippen LogP contribution >= 0.6 is 0 Å². The molecule has 0 spiro atoms. The van der Waals surface area contributed by atoms with Crippen LogP contribution in [0.3, 0.4) is 0 Å². The Kier molecular flexibility index (Phi) is 5.38. The first-order valence-corrected chi connectivity index (χ1v) is 14.2. The molecule has 4 saturated carbocycles. The Labute approximate surface area is 208 Å². The average molecular weight is 471 g/mol. The van der Waals surface area contributed by atoms with Gasteiger partial charge in [0.25, 0.3) is 0 Å². The van der Waals surface area contributed by atoms with E-state index < -0.39 is 0 Å². The third-order valence-corrected chi connectivity index (χ3v) is 13.5. The standard InChI is InChI=1S/C31H50O3/c1-26(2)22-11-14-31(7)23(29(22,5)13-12-24(26)32)10-9-20-21-19-28(4,25(33)34-8)16-15-27(21,3)17-18-30(20,31)6/h9,21-24,32H,10-19H2,1-8H3/t21-,22+,23+,24+,27+,28-,29-,30+,31+/m0/s1. The lowest BCUT2D eigenvalue weighted by Gasteiger charge is -2.71. The van der Waals surface area contributed by atoms with Gasteiger partial charge in [0.15, 0.2) is 0 Å². The normalized spacial score (nSPS) is 54.0. The van der Waals surface area contributed by atoms with Crippen molar-refractivity contribution in [1.29, 1.82) is 0 Å². The van der Waals surface area contributed by atoms with E-state index in [9.17, 15) is 9.90 Å². The molecular weight excluding hydrogens is 420 g/mol. The zero-order valence-electron chi connectivity index (χ0n) is 23.2. The number of hydrogen-bond donors (Lipinski definition) is 1. The van der Waals surface area contributed by atoms with Crippen LogP contribution in [0.25, 0.3) is 0 Å². The minimum atomic E-state index is -0.358. The topological polar surface area (TPSA) is 46.5 Å². The Balaban J connectivity index is 1.56. The zero-order chi connectivity index (χ0) is 24.9. The lowest BCUT2D eigenvalue weighted by molar-refractivity contribution is -0.203. The molecule has 5 rings (SSSR count). The van der Waals surface area contributed by atoms with Gasteiger partial charge in [0.05, 0.1) is 18.6 Å². The number of methoxy groups -OCH3 is 1. The molecule has 0 saturated heterocycles. The lowest BCUT2D eigenvalue weighted by Crippen LogP contribution is -2.64. The molecule has 4 fully saturated rings. The SMILES string of the molecule is COC(=O)[C@@]1(C)CC[C@]2(C)CC[C@]3(C)C(=CC[C@@H]4[C@@]5(C)CC[C@@H](O)C(C)(C)[C@H]5CC[C@]43C)[C@@H]2C1. The van der Waals surface area contributed by atoms with Gasteiger partial charge in [-0.05, 0) is 116 Å². The van der Waals surface area contributed by atoms with Crippen molar-refractivity contribution in [3.05, 3.63) is 11.6 Å². The molecule has 0 amide bonds. The van der Waals surface area contributed by atoms with Gasteiger partial charge in [0.1, 0.15) is 0 Å². The third-order valence-electron chi connectivity index (χ3n) is 13.5. The Morgan fingerprint density at radius 2 is 1.59 bits per heavy atom. The number of fused-ring (bicyclic) bond motifs is 7. The first-order valence-electron chi connectivity index (χ1n) is 14.2. The molecule has 3 nitrogen and oxygen atoms in total. The molecule has 5 aliphatic rings. The largest absolute Gasteiger partial charge is 0.469 e. The fourth-order valence-electron chi connectivity index (χ4n) is 10.8. The van der Waals surface area contributed by atoms with Crippen molar-refractivity contribution in [2.75, 3.05) is 7.11 Å². The van der Waals surface area contributed by atoms with Gasteiger partial charge in [-0.15, -0.1) is 0 Å². The summed E-state index contributed by atoms with van der Waals surface area (Å²) >= 11 is 0. The number of aliphatic hydroxyl groups is 1. The van der Waals surface area contributed by atoms with Gasteiger partial charge in [-0.3, -0.25) is 4.79 Å². The third kappa shape index (κ3) is 2.94. The Hall–Kier alpha value is -0.830. The van der Waals surface area contributed by atoms with Crippen molar-refractivity contribution < 1.29 is 14.6 Å². The molecule has 5 aliphatic carbocycles. The zero-order valence-corrected chi connectivity index (χ0v) is 23.2. The number of allylic oxidation sites excluding steroid dienone is 2. The van der Waals surface area contributed by atoms with Crippen LogP contribution in [0.4, 0.5) is 0 Å². The predicted octanol–water partition coefficient (Wildman–Crippen LogP) is 7.32. The van der Waals surface area contributed by atoms with Crippen LogP contribution in [0.1, 0.15) is 113 Å². The van der Waals surface area contributed by atoms with Gasteiger partial charge >= 0.3 is 5.97 Å². The average Bonchev–Trinajstić information content (AvgIpc) is 2.77. The highest BCUT2D eigenvalue weighted by molar-refractivity contribution is 5.76. The molecule has 0 unspecified atom stereocenters. The van der Waals surface area contributed by atoms with Crippen molar-refractivity contribution in [2.45, 2.75) is 119 Å². The summed E-state index contributed by atoms with van der Waals surface area (Å²) in [6.45, 7) is 17.1. The quantitative estimate of drug-likeness (QED) is 0.322. The Bertz CT molecular complexity index is 904. The molecule has 1 N–H and O–H groups in total. The Morgan fingerprint density at radius 3 is 2.26 bits per heavy atom.